The van der Waals surface area contributed by atoms with Crippen molar-refractivity contribution in [3.8, 4) is 17.2 Å². The number of amides is 1. The summed E-state index contributed by atoms with van der Waals surface area (Å²) in [6.45, 7) is -0.166. The predicted octanol–water partition coefficient (Wildman–Crippen LogP) is 3.73. The summed E-state index contributed by atoms with van der Waals surface area (Å²) in [6, 6.07) is 21.4. The minimum absolute atomic E-state index is 0.166. The number of carbonyl (C=O) groups excluding carboxylic acids is 1. The molecule has 0 bridgehead atoms. The van der Waals surface area contributed by atoms with E-state index < -0.39 is 0 Å². The number of hydrogen-bond acceptors (Lipinski definition) is 5. The molecule has 144 valence electrons. The van der Waals surface area contributed by atoms with E-state index in [1.807, 2.05) is 30.3 Å². The summed E-state index contributed by atoms with van der Waals surface area (Å²) in [6.07, 6.45) is 1.34. The van der Waals surface area contributed by atoms with E-state index in [0.29, 0.717) is 28.1 Å². The Labute approximate surface area is 165 Å². The first-order valence-corrected chi connectivity index (χ1v) is 8.90. The zero-order chi connectivity index (χ0) is 20.1. The van der Waals surface area contributed by atoms with E-state index in [4.69, 9.17) is 9.47 Å². The largest absolute Gasteiger partial charge is 0.484 e. The minimum Gasteiger partial charge on any atom is -0.484 e. The minimum atomic E-state index is -0.339. The number of aromatic amines is 1. The first-order chi connectivity index (χ1) is 14.2. The number of para-hydroxylation sites is 1. The molecular formula is C22H17N3O4. The van der Waals surface area contributed by atoms with Crippen molar-refractivity contribution < 1.29 is 14.3 Å². The third-order valence-corrected chi connectivity index (χ3v) is 4.10. The zero-order valence-corrected chi connectivity index (χ0v) is 15.3. The van der Waals surface area contributed by atoms with Crippen molar-refractivity contribution in [2.75, 3.05) is 11.9 Å². The summed E-state index contributed by atoms with van der Waals surface area (Å²) < 4.78 is 11.2. The van der Waals surface area contributed by atoms with Gasteiger partial charge in [-0.25, -0.2) is 4.98 Å². The van der Waals surface area contributed by atoms with Crippen molar-refractivity contribution in [2.24, 2.45) is 0 Å². The lowest BCUT2D eigenvalue weighted by Gasteiger charge is -2.09. The van der Waals surface area contributed by atoms with E-state index in [1.165, 1.54) is 6.33 Å². The molecule has 0 aliphatic rings. The number of fused-ring (bicyclic) bond motifs is 1. The fourth-order valence-electron chi connectivity index (χ4n) is 2.72. The number of anilines is 1. The summed E-state index contributed by atoms with van der Waals surface area (Å²) in [5.41, 5.74) is 0.789. The maximum Gasteiger partial charge on any atom is 0.262 e. The van der Waals surface area contributed by atoms with Crippen LogP contribution in [0.2, 0.25) is 0 Å². The lowest BCUT2D eigenvalue weighted by molar-refractivity contribution is -0.118. The van der Waals surface area contributed by atoms with Crippen molar-refractivity contribution >= 4 is 22.5 Å². The van der Waals surface area contributed by atoms with Crippen molar-refractivity contribution in [1.82, 2.24) is 9.97 Å². The standard InChI is InChI=1S/C22H17N3O4/c26-21(25-15-6-11-20-19(12-15)22(27)24-14-23-20)13-28-16-7-9-18(10-8-16)29-17-4-2-1-3-5-17/h1-12,14H,13H2,(H,25,26)(H,23,24,27). The Kier molecular flexibility index (Phi) is 5.20. The van der Waals surface area contributed by atoms with Crippen LogP contribution < -0.4 is 20.3 Å². The van der Waals surface area contributed by atoms with Gasteiger partial charge in [-0.05, 0) is 54.6 Å². The lowest BCUT2D eigenvalue weighted by Crippen LogP contribution is -2.20. The molecule has 0 atom stereocenters. The number of carbonyl (C=O) groups is 1. The number of benzene rings is 3. The Hall–Kier alpha value is -4.13. The van der Waals surface area contributed by atoms with E-state index in [-0.39, 0.29) is 18.1 Å². The van der Waals surface area contributed by atoms with Crippen molar-refractivity contribution in [1.29, 1.82) is 0 Å². The van der Waals surface area contributed by atoms with Gasteiger partial charge < -0.3 is 19.8 Å². The van der Waals surface area contributed by atoms with Gasteiger partial charge in [-0.15, -0.1) is 0 Å². The summed E-state index contributed by atoms with van der Waals surface area (Å²) in [7, 11) is 0. The second-order valence-corrected chi connectivity index (χ2v) is 6.19. The number of H-pyrrole nitrogens is 1. The molecule has 7 heteroatoms. The van der Waals surface area contributed by atoms with E-state index >= 15 is 0 Å². The van der Waals surface area contributed by atoms with Gasteiger partial charge in [-0.3, -0.25) is 9.59 Å². The van der Waals surface area contributed by atoms with Gasteiger partial charge in [0.2, 0.25) is 0 Å². The van der Waals surface area contributed by atoms with E-state index in [1.54, 1.807) is 42.5 Å². The average Bonchev–Trinajstić information content (AvgIpc) is 2.75. The van der Waals surface area contributed by atoms with E-state index in [2.05, 4.69) is 15.3 Å². The normalized spacial score (nSPS) is 10.5. The van der Waals surface area contributed by atoms with E-state index in [0.717, 1.165) is 5.75 Å². The molecule has 2 N–H and O–H groups in total. The molecule has 3 aromatic carbocycles. The molecule has 4 aromatic rings. The molecule has 0 saturated carbocycles. The van der Waals surface area contributed by atoms with Crippen LogP contribution in [0, 0.1) is 0 Å². The molecule has 0 spiro atoms. The highest BCUT2D eigenvalue weighted by Gasteiger charge is 2.07. The summed E-state index contributed by atoms with van der Waals surface area (Å²) in [4.78, 5) is 30.6. The summed E-state index contributed by atoms with van der Waals surface area (Å²) in [5, 5.41) is 3.11. The third kappa shape index (κ3) is 4.59. The van der Waals surface area contributed by atoms with Crippen LogP contribution in [0.15, 0.2) is 83.9 Å². The van der Waals surface area contributed by atoms with Gasteiger partial charge in [0.25, 0.3) is 11.5 Å². The molecule has 0 saturated heterocycles. The predicted molar refractivity (Wildman–Crippen MR) is 109 cm³/mol. The first kappa shape index (κ1) is 18.2. The van der Waals surface area contributed by atoms with Gasteiger partial charge >= 0.3 is 0 Å². The molecular weight excluding hydrogens is 370 g/mol. The topological polar surface area (TPSA) is 93.3 Å². The Morgan fingerprint density at radius 1 is 0.931 bits per heavy atom. The highest BCUT2D eigenvalue weighted by Crippen LogP contribution is 2.23. The van der Waals surface area contributed by atoms with Crippen LogP contribution in [-0.2, 0) is 4.79 Å². The molecule has 1 amide bonds. The maximum absolute atomic E-state index is 12.2. The van der Waals surface area contributed by atoms with Crippen LogP contribution in [-0.4, -0.2) is 22.5 Å². The van der Waals surface area contributed by atoms with Gasteiger partial charge in [0.1, 0.15) is 17.2 Å². The maximum atomic E-state index is 12.2. The quantitative estimate of drug-likeness (QED) is 0.526. The number of nitrogens with one attached hydrogen (secondary N) is 2. The molecule has 29 heavy (non-hydrogen) atoms. The van der Waals surface area contributed by atoms with Gasteiger partial charge in [-0.1, -0.05) is 18.2 Å². The van der Waals surface area contributed by atoms with Crippen LogP contribution in [0.25, 0.3) is 10.9 Å². The molecule has 1 heterocycles. The molecule has 0 unspecified atom stereocenters. The lowest BCUT2D eigenvalue weighted by atomic mass is 10.2. The number of nitrogens with zero attached hydrogens (tertiary/aromatic N) is 1. The number of hydrogen-bond donors (Lipinski definition) is 2. The first-order valence-electron chi connectivity index (χ1n) is 8.90. The van der Waals surface area contributed by atoms with Gasteiger partial charge in [0, 0.05) is 5.69 Å². The Bertz CT molecular complexity index is 1190. The zero-order valence-electron chi connectivity index (χ0n) is 15.3. The molecule has 0 aliphatic carbocycles. The van der Waals surface area contributed by atoms with Crippen LogP contribution in [0.4, 0.5) is 5.69 Å². The Morgan fingerprint density at radius 2 is 1.66 bits per heavy atom. The monoisotopic (exact) mass is 387 g/mol. The van der Waals surface area contributed by atoms with Crippen molar-refractivity contribution in [3.63, 3.8) is 0 Å². The third-order valence-electron chi connectivity index (χ3n) is 4.10. The van der Waals surface area contributed by atoms with Crippen molar-refractivity contribution in [3.05, 3.63) is 89.5 Å². The highest BCUT2D eigenvalue weighted by atomic mass is 16.5. The molecule has 0 radical (unpaired) electrons. The SMILES string of the molecule is O=C(COc1ccc(Oc2ccccc2)cc1)Nc1ccc2nc[nH]c(=O)c2c1. The fourth-order valence-corrected chi connectivity index (χ4v) is 2.72. The van der Waals surface area contributed by atoms with E-state index in [9.17, 15) is 9.59 Å². The van der Waals surface area contributed by atoms with Crippen LogP contribution in [0.5, 0.6) is 17.2 Å². The second-order valence-electron chi connectivity index (χ2n) is 6.19. The van der Waals surface area contributed by atoms with Crippen LogP contribution >= 0.6 is 0 Å². The molecule has 0 aliphatic heterocycles. The Morgan fingerprint density at radius 3 is 2.45 bits per heavy atom. The average molecular weight is 387 g/mol. The summed E-state index contributed by atoms with van der Waals surface area (Å²) in [5.74, 6) is 1.61. The molecule has 7 nitrogen and oxygen atoms in total. The fraction of sp³-hybridized carbons (Fsp3) is 0.0455. The van der Waals surface area contributed by atoms with Gasteiger partial charge in [0.15, 0.2) is 6.61 Å². The van der Waals surface area contributed by atoms with Crippen LogP contribution in [0.1, 0.15) is 0 Å². The van der Waals surface area contributed by atoms with Crippen LogP contribution in [0.3, 0.4) is 0 Å². The Balaban J connectivity index is 1.33. The van der Waals surface area contributed by atoms with Gasteiger partial charge in [0.05, 0.1) is 17.2 Å². The molecule has 0 fully saturated rings. The number of aromatic nitrogens is 2. The highest BCUT2D eigenvalue weighted by molar-refractivity contribution is 5.94. The summed E-state index contributed by atoms with van der Waals surface area (Å²) >= 11 is 0. The van der Waals surface area contributed by atoms with Gasteiger partial charge in [-0.2, -0.15) is 0 Å². The van der Waals surface area contributed by atoms with Crippen molar-refractivity contribution in [2.45, 2.75) is 0 Å². The molecule has 1 aromatic heterocycles. The smallest absolute Gasteiger partial charge is 0.262 e. The second kappa shape index (κ2) is 8.26. The number of ether oxygens (including phenoxy) is 2. The number of rotatable bonds is 6. The molecule has 4 rings (SSSR count).